The van der Waals surface area contributed by atoms with Crippen LogP contribution in [0.25, 0.3) is 6.08 Å². The highest BCUT2D eigenvalue weighted by Gasteiger charge is 2.32. The third-order valence-corrected chi connectivity index (χ3v) is 4.90. The zero-order valence-electron chi connectivity index (χ0n) is 17.5. The fraction of sp³-hybridized carbons (Fsp3) is 0.292. The molecule has 1 aliphatic rings. The Bertz CT molecular complexity index is 1050. The first-order valence-electron chi connectivity index (χ1n) is 9.73. The summed E-state index contributed by atoms with van der Waals surface area (Å²) in [6.45, 7) is 5.82. The summed E-state index contributed by atoms with van der Waals surface area (Å²) in [5, 5.41) is 12.3. The number of nitriles is 1. The normalized spacial score (nSPS) is 13.4. The van der Waals surface area contributed by atoms with Crippen molar-refractivity contribution in [1.82, 2.24) is 0 Å². The molecule has 1 amide bonds. The number of methoxy groups -OCH3 is 1. The summed E-state index contributed by atoms with van der Waals surface area (Å²) >= 11 is 0. The fourth-order valence-electron chi connectivity index (χ4n) is 3.24. The van der Waals surface area contributed by atoms with Gasteiger partial charge < -0.3 is 14.8 Å². The molecule has 1 aliphatic carbocycles. The summed E-state index contributed by atoms with van der Waals surface area (Å²) < 4.78 is 10.7. The van der Waals surface area contributed by atoms with Crippen LogP contribution in [-0.4, -0.2) is 19.0 Å². The average Bonchev–Trinajstić information content (AvgIpc) is 3.55. The van der Waals surface area contributed by atoms with Crippen molar-refractivity contribution in [2.24, 2.45) is 5.92 Å². The van der Waals surface area contributed by atoms with Crippen LogP contribution >= 0.6 is 0 Å². The van der Waals surface area contributed by atoms with Crippen LogP contribution < -0.4 is 14.8 Å². The van der Waals surface area contributed by atoms with Gasteiger partial charge in [0.1, 0.15) is 11.6 Å². The van der Waals surface area contributed by atoms with Crippen LogP contribution in [0.1, 0.15) is 35.1 Å². The van der Waals surface area contributed by atoms with Crippen molar-refractivity contribution in [1.29, 1.82) is 5.26 Å². The highest BCUT2D eigenvalue weighted by molar-refractivity contribution is 6.10. The Balaban J connectivity index is 1.82. The third kappa shape index (κ3) is 4.87. The highest BCUT2D eigenvalue weighted by atomic mass is 16.6. The molecular weight excluding hydrogens is 380 g/mol. The van der Waals surface area contributed by atoms with E-state index in [0.717, 1.165) is 29.5 Å². The lowest BCUT2D eigenvalue weighted by Gasteiger charge is -2.13. The molecule has 154 valence electrons. The molecule has 3 rings (SSSR count). The number of ether oxygens (including phenoxy) is 2. The molecular formula is C24H24N2O4. The molecule has 2 aromatic carbocycles. The van der Waals surface area contributed by atoms with Gasteiger partial charge in [-0.25, -0.2) is 0 Å². The predicted molar refractivity (Wildman–Crippen MR) is 114 cm³/mol. The largest absolute Gasteiger partial charge is 0.493 e. The van der Waals surface area contributed by atoms with E-state index in [9.17, 15) is 14.9 Å². The first kappa shape index (κ1) is 21.1. The van der Waals surface area contributed by atoms with E-state index in [1.165, 1.54) is 13.2 Å². The average molecular weight is 404 g/mol. The lowest BCUT2D eigenvalue weighted by molar-refractivity contribution is -0.135. The highest BCUT2D eigenvalue weighted by Crippen LogP contribution is 2.34. The molecule has 2 aromatic rings. The molecule has 0 atom stereocenters. The molecule has 0 aromatic heterocycles. The third-order valence-electron chi connectivity index (χ3n) is 4.90. The number of nitrogens with one attached hydrogen (secondary N) is 1. The lowest BCUT2D eigenvalue weighted by atomic mass is 10.0. The maximum Gasteiger partial charge on any atom is 0.314 e. The number of aryl methyl sites for hydroxylation is 3. The Morgan fingerprint density at radius 1 is 1.10 bits per heavy atom. The molecule has 1 fully saturated rings. The van der Waals surface area contributed by atoms with E-state index in [0.29, 0.717) is 22.7 Å². The molecule has 1 N–H and O–H groups in total. The predicted octanol–water partition coefficient (Wildman–Crippen LogP) is 4.48. The first-order chi connectivity index (χ1) is 14.3. The van der Waals surface area contributed by atoms with E-state index in [1.54, 1.807) is 18.2 Å². The molecule has 0 unspecified atom stereocenters. The van der Waals surface area contributed by atoms with Crippen LogP contribution in [0.5, 0.6) is 11.5 Å². The summed E-state index contributed by atoms with van der Waals surface area (Å²) in [6, 6.07) is 10.8. The molecule has 0 aliphatic heterocycles. The maximum atomic E-state index is 12.7. The first-order valence-corrected chi connectivity index (χ1v) is 9.73. The summed E-state index contributed by atoms with van der Waals surface area (Å²) in [5.41, 5.74) is 4.21. The molecule has 0 saturated heterocycles. The van der Waals surface area contributed by atoms with Crippen LogP contribution in [0.4, 0.5) is 5.69 Å². The molecule has 0 heterocycles. The SMILES string of the molecule is COc1cc(/C=C(\C#N)C(=O)Nc2c(C)cc(C)cc2C)ccc1OC(=O)C1CC1. The van der Waals surface area contributed by atoms with Gasteiger partial charge >= 0.3 is 5.97 Å². The number of carbonyl (C=O) groups is 2. The van der Waals surface area contributed by atoms with Crippen molar-refractivity contribution in [2.75, 3.05) is 12.4 Å². The van der Waals surface area contributed by atoms with Crippen molar-refractivity contribution in [3.05, 3.63) is 58.2 Å². The van der Waals surface area contributed by atoms with Gasteiger partial charge in [-0.05, 0) is 68.5 Å². The van der Waals surface area contributed by atoms with Crippen molar-refractivity contribution in [3.8, 4) is 17.6 Å². The van der Waals surface area contributed by atoms with Crippen LogP contribution in [-0.2, 0) is 9.59 Å². The maximum absolute atomic E-state index is 12.7. The topological polar surface area (TPSA) is 88.4 Å². The van der Waals surface area contributed by atoms with E-state index in [2.05, 4.69) is 5.32 Å². The Labute approximate surface area is 176 Å². The molecule has 0 spiro atoms. The van der Waals surface area contributed by atoms with Gasteiger partial charge in [-0.3, -0.25) is 9.59 Å². The van der Waals surface area contributed by atoms with Gasteiger partial charge in [-0.15, -0.1) is 0 Å². The van der Waals surface area contributed by atoms with Crippen molar-refractivity contribution in [2.45, 2.75) is 33.6 Å². The van der Waals surface area contributed by atoms with Gasteiger partial charge in [0, 0.05) is 5.69 Å². The second kappa shape index (κ2) is 8.83. The number of hydrogen-bond acceptors (Lipinski definition) is 5. The molecule has 0 radical (unpaired) electrons. The quantitative estimate of drug-likeness (QED) is 0.332. The number of hydrogen-bond donors (Lipinski definition) is 1. The van der Waals surface area contributed by atoms with E-state index >= 15 is 0 Å². The summed E-state index contributed by atoms with van der Waals surface area (Å²) in [4.78, 5) is 24.6. The molecule has 6 heteroatoms. The second-order valence-corrected chi connectivity index (χ2v) is 7.50. The summed E-state index contributed by atoms with van der Waals surface area (Å²) in [6.07, 6.45) is 3.17. The molecule has 6 nitrogen and oxygen atoms in total. The Kier molecular flexibility index (Phi) is 6.22. The number of carbonyl (C=O) groups excluding carboxylic acids is 2. The monoisotopic (exact) mass is 404 g/mol. The molecule has 30 heavy (non-hydrogen) atoms. The van der Waals surface area contributed by atoms with Crippen LogP contribution in [0.2, 0.25) is 0 Å². The van der Waals surface area contributed by atoms with Gasteiger partial charge in [0.15, 0.2) is 11.5 Å². The van der Waals surface area contributed by atoms with E-state index in [1.807, 2.05) is 39.0 Å². The van der Waals surface area contributed by atoms with Gasteiger partial charge in [-0.2, -0.15) is 5.26 Å². The van der Waals surface area contributed by atoms with Gasteiger partial charge in [0.25, 0.3) is 5.91 Å². The number of esters is 1. The number of rotatable bonds is 6. The van der Waals surface area contributed by atoms with E-state index < -0.39 is 5.91 Å². The minimum Gasteiger partial charge on any atom is -0.493 e. The Morgan fingerprint density at radius 3 is 2.33 bits per heavy atom. The van der Waals surface area contributed by atoms with Gasteiger partial charge in [0.05, 0.1) is 13.0 Å². The lowest BCUT2D eigenvalue weighted by Crippen LogP contribution is -2.15. The standard InChI is InChI=1S/C24H24N2O4/c1-14-9-15(2)22(16(3)10-14)26-23(27)19(13-25)11-17-5-8-20(21(12-17)29-4)30-24(28)18-6-7-18/h5,8-12,18H,6-7H2,1-4H3,(H,26,27)/b19-11+. The van der Waals surface area contributed by atoms with Crippen molar-refractivity contribution in [3.63, 3.8) is 0 Å². The molecule has 0 bridgehead atoms. The Morgan fingerprint density at radius 2 is 1.77 bits per heavy atom. The summed E-state index contributed by atoms with van der Waals surface area (Å²) in [5.74, 6) is -0.105. The number of amides is 1. The van der Waals surface area contributed by atoms with Crippen LogP contribution in [0.3, 0.4) is 0 Å². The van der Waals surface area contributed by atoms with Gasteiger partial charge in [0.2, 0.25) is 0 Å². The minimum atomic E-state index is -0.490. The molecule has 1 saturated carbocycles. The summed E-state index contributed by atoms with van der Waals surface area (Å²) in [7, 11) is 1.47. The number of anilines is 1. The van der Waals surface area contributed by atoms with E-state index in [4.69, 9.17) is 9.47 Å². The second-order valence-electron chi connectivity index (χ2n) is 7.50. The zero-order chi connectivity index (χ0) is 21.8. The van der Waals surface area contributed by atoms with Gasteiger partial charge in [-0.1, -0.05) is 23.8 Å². The van der Waals surface area contributed by atoms with Crippen molar-refractivity contribution < 1.29 is 19.1 Å². The smallest absolute Gasteiger partial charge is 0.314 e. The van der Waals surface area contributed by atoms with Crippen LogP contribution in [0.15, 0.2) is 35.9 Å². The van der Waals surface area contributed by atoms with Crippen molar-refractivity contribution >= 4 is 23.6 Å². The minimum absolute atomic E-state index is 0.0307. The zero-order valence-corrected chi connectivity index (χ0v) is 17.5. The number of nitrogens with zero attached hydrogens (tertiary/aromatic N) is 1. The number of benzene rings is 2. The Hall–Kier alpha value is -3.59. The van der Waals surface area contributed by atoms with Crippen LogP contribution in [0, 0.1) is 38.0 Å². The fourth-order valence-corrected chi connectivity index (χ4v) is 3.24. The van der Waals surface area contributed by atoms with E-state index in [-0.39, 0.29) is 17.5 Å².